The summed E-state index contributed by atoms with van der Waals surface area (Å²) >= 11 is 0. The summed E-state index contributed by atoms with van der Waals surface area (Å²) in [6.07, 6.45) is 2.95. The predicted octanol–water partition coefficient (Wildman–Crippen LogP) is 6.14. The summed E-state index contributed by atoms with van der Waals surface area (Å²) in [4.78, 5) is 11.6. The minimum atomic E-state index is -0.203. The van der Waals surface area contributed by atoms with E-state index < -0.39 is 0 Å². The van der Waals surface area contributed by atoms with Crippen molar-refractivity contribution in [2.24, 2.45) is 0 Å². The molecule has 2 nitrogen and oxygen atoms in total. The summed E-state index contributed by atoms with van der Waals surface area (Å²) in [7, 11) is 0. The Balaban J connectivity index is 2.04. The van der Waals surface area contributed by atoms with Crippen LogP contribution < -0.4 is 0 Å². The van der Waals surface area contributed by atoms with E-state index in [0.717, 1.165) is 6.42 Å². The van der Waals surface area contributed by atoms with E-state index in [1.165, 1.54) is 34.8 Å². The Morgan fingerprint density at radius 3 is 2.30 bits per heavy atom. The SMILES string of the molecule is CC(=O)OC1CC(C)(C)c2cc(C(C)=Cc3ccccc3)ccc2C1(C)C. The second-order valence-corrected chi connectivity index (χ2v) is 8.91. The largest absolute Gasteiger partial charge is 0.462 e. The van der Waals surface area contributed by atoms with E-state index in [0.29, 0.717) is 0 Å². The molecule has 0 fully saturated rings. The minimum Gasteiger partial charge on any atom is -0.462 e. The molecule has 0 heterocycles. The molecule has 1 atom stereocenters. The average molecular weight is 363 g/mol. The molecule has 3 rings (SSSR count). The Morgan fingerprint density at radius 2 is 1.67 bits per heavy atom. The van der Waals surface area contributed by atoms with Crippen LogP contribution in [0, 0.1) is 0 Å². The van der Waals surface area contributed by atoms with E-state index in [-0.39, 0.29) is 22.9 Å². The monoisotopic (exact) mass is 362 g/mol. The van der Waals surface area contributed by atoms with E-state index in [1.807, 2.05) is 6.07 Å². The molecule has 0 amide bonds. The first-order chi connectivity index (χ1) is 12.6. The van der Waals surface area contributed by atoms with Gasteiger partial charge in [0, 0.05) is 12.3 Å². The molecule has 1 aliphatic carbocycles. The van der Waals surface area contributed by atoms with Gasteiger partial charge in [0.1, 0.15) is 6.10 Å². The summed E-state index contributed by atoms with van der Waals surface area (Å²) in [6, 6.07) is 17.2. The molecule has 1 unspecified atom stereocenters. The van der Waals surface area contributed by atoms with Crippen LogP contribution in [0.3, 0.4) is 0 Å². The molecule has 27 heavy (non-hydrogen) atoms. The molecule has 0 saturated heterocycles. The summed E-state index contributed by atoms with van der Waals surface area (Å²) in [5.74, 6) is -0.203. The molecule has 1 aliphatic rings. The topological polar surface area (TPSA) is 26.3 Å². The van der Waals surface area contributed by atoms with Crippen LogP contribution in [0.15, 0.2) is 48.5 Å². The molecule has 2 aromatic carbocycles. The zero-order valence-electron chi connectivity index (χ0n) is 17.3. The normalized spacial score (nSPS) is 20.7. The lowest BCUT2D eigenvalue weighted by Crippen LogP contribution is -2.47. The van der Waals surface area contributed by atoms with E-state index >= 15 is 0 Å². The van der Waals surface area contributed by atoms with Gasteiger partial charge in [-0.1, -0.05) is 82.3 Å². The number of esters is 1. The maximum atomic E-state index is 11.6. The minimum absolute atomic E-state index is 0.0476. The van der Waals surface area contributed by atoms with Gasteiger partial charge in [0.2, 0.25) is 0 Å². The molecule has 0 aliphatic heterocycles. The number of ether oxygens (including phenoxy) is 1. The van der Waals surface area contributed by atoms with Crippen molar-refractivity contribution in [1.29, 1.82) is 0 Å². The highest BCUT2D eigenvalue weighted by molar-refractivity contribution is 5.80. The third-order valence-corrected chi connectivity index (χ3v) is 5.89. The fourth-order valence-corrected chi connectivity index (χ4v) is 4.19. The van der Waals surface area contributed by atoms with E-state index in [2.05, 4.69) is 83.2 Å². The van der Waals surface area contributed by atoms with E-state index in [1.54, 1.807) is 0 Å². The maximum absolute atomic E-state index is 11.6. The molecule has 0 spiro atoms. The smallest absolute Gasteiger partial charge is 0.302 e. The standard InChI is InChI=1S/C25H30O2/c1-17(14-19-10-8-7-9-11-19)20-12-13-21-22(15-20)24(3,4)16-23(25(21,5)6)27-18(2)26/h7-15,23H,16H2,1-6H3. The first-order valence-corrected chi connectivity index (χ1v) is 9.67. The van der Waals surface area contributed by atoms with Gasteiger partial charge >= 0.3 is 5.97 Å². The van der Waals surface area contributed by atoms with Gasteiger partial charge in [-0.25, -0.2) is 0 Å². The van der Waals surface area contributed by atoms with Crippen molar-refractivity contribution >= 4 is 17.6 Å². The summed E-state index contributed by atoms with van der Waals surface area (Å²) in [5.41, 5.74) is 6.09. The van der Waals surface area contributed by atoms with Crippen molar-refractivity contribution in [2.45, 2.75) is 64.9 Å². The van der Waals surface area contributed by atoms with Gasteiger partial charge in [-0.15, -0.1) is 0 Å². The van der Waals surface area contributed by atoms with Gasteiger partial charge < -0.3 is 4.74 Å². The van der Waals surface area contributed by atoms with Crippen LogP contribution in [0.1, 0.15) is 70.2 Å². The highest BCUT2D eigenvalue weighted by Crippen LogP contribution is 2.47. The molecule has 0 N–H and O–H groups in total. The Labute approximate surface area is 163 Å². The number of carbonyl (C=O) groups excluding carboxylic acids is 1. The number of rotatable bonds is 3. The van der Waals surface area contributed by atoms with Crippen LogP contribution in [0.4, 0.5) is 0 Å². The Hall–Kier alpha value is -2.35. The van der Waals surface area contributed by atoms with Crippen molar-refractivity contribution in [3.05, 3.63) is 70.8 Å². The number of allylic oxidation sites excluding steroid dienone is 1. The van der Waals surface area contributed by atoms with Gasteiger partial charge in [0.25, 0.3) is 0 Å². The van der Waals surface area contributed by atoms with Crippen LogP contribution in [0.2, 0.25) is 0 Å². The lowest BCUT2D eigenvalue weighted by atomic mass is 9.61. The summed E-state index contributed by atoms with van der Waals surface area (Å²) in [5, 5.41) is 0. The van der Waals surface area contributed by atoms with Crippen LogP contribution in [0.25, 0.3) is 11.6 Å². The molecule has 0 radical (unpaired) electrons. The number of benzene rings is 2. The highest BCUT2D eigenvalue weighted by Gasteiger charge is 2.45. The molecule has 0 saturated carbocycles. The van der Waals surface area contributed by atoms with E-state index in [4.69, 9.17) is 4.74 Å². The fraction of sp³-hybridized carbons (Fsp3) is 0.400. The first kappa shape index (κ1) is 19.4. The van der Waals surface area contributed by atoms with Crippen molar-refractivity contribution in [1.82, 2.24) is 0 Å². The predicted molar refractivity (Wildman–Crippen MR) is 113 cm³/mol. The number of fused-ring (bicyclic) bond motifs is 1. The second-order valence-electron chi connectivity index (χ2n) is 8.91. The molecule has 142 valence electrons. The molecular formula is C25H30O2. The van der Waals surface area contributed by atoms with Crippen molar-refractivity contribution in [3.63, 3.8) is 0 Å². The fourth-order valence-electron chi connectivity index (χ4n) is 4.19. The van der Waals surface area contributed by atoms with Gasteiger partial charge in [0.15, 0.2) is 0 Å². The maximum Gasteiger partial charge on any atom is 0.302 e. The Bertz CT molecular complexity index is 872. The van der Waals surface area contributed by atoms with Gasteiger partial charge in [0.05, 0.1) is 0 Å². The van der Waals surface area contributed by atoms with Gasteiger partial charge in [-0.3, -0.25) is 4.79 Å². The zero-order chi connectivity index (χ0) is 19.8. The van der Waals surface area contributed by atoms with Gasteiger partial charge in [-0.05, 0) is 46.6 Å². The average Bonchev–Trinajstić information content (AvgIpc) is 2.60. The Kier molecular flexibility index (Phi) is 5.03. The first-order valence-electron chi connectivity index (χ1n) is 9.67. The third kappa shape index (κ3) is 3.85. The molecule has 0 aromatic heterocycles. The van der Waals surface area contributed by atoms with E-state index in [9.17, 15) is 4.79 Å². The molecular weight excluding hydrogens is 332 g/mol. The van der Waals surface area contributed by atoms with Crippen LogP contribution in [-0.4, -0.2) is 12.1 Å². The molecule has 2 heteroatoms. The van der Waals surface area contributed by atoms with Crippen LogP contribution in [-0.2, 0) is 20.4 Å². The highest BCUT2D eigenvalue weighted by atomic mass is 16.5. The number of hydrogen-bond acceptors (Lipinski definition) is 2. The van der Waals surface area contributed by atoms with Crippen molar-refractivity contribution < 1.29 is 9.53 Å². The second kappa shape index (κ2) is 6.99. The number of hydrogen-bond donors (Lipinski definition) is 0. The summed E-state index contributed by atoms with van der Waals surface area (Å²) < 4.78 is 5.71. The molecule has 2 aromatic rings. The van der Waals surface area contributed by atoms with Gasteiger partial charge in [-0.2, -0.15) is 0 Å². The third-order valence-electron chi connectivity index (χ3n) is 5.89. The quantitative estimate of drug-likeness (QED) is 0.484. The molecule has 0 bridgehead atoms. The number of carbonyl (C=O) groups is 1. The van der Waals surface area contributed by atoms with Crippen molar-refractivity contribution in [3.8, 4) is 0 Å². The Morgan fingerprint density at radius 1 is 1.00 bits per heavy atom. The lowest BCUT2D eigenvalue weighted by Gasteiger charge is -2.46. The zero-order valence-corrected chi connectivity index (χ0v) is 17.3. The van der Waals surface area contributed by atoms with Crippen LogP contribution >= 0.6 is 0 Å². The lowest BCUT2D eigenvalue weighted by molar-refractivity contribution is -0.151. The van der Waals surface area contributed by atoms with Crippen LogP contribution in [0.5, 0.6) is 0 Å². The summed E-state index contributed by atoms with van der Waals surface area (Å²) in [6.45, 7) is 12.5. The van der Waals surface area contributed by atoms with Crippen molar-refractivity contribution in [2.75, 3.05) is 0 Å².